The van der Waals surface area contributed by atoms with E-state index in [1.165, 1.54) is 0 Å². The van der Waals surface area contributed by atoms with Crippen LogP contribution in [-0.2, 0) is 20.7 Å². The third-order valence-electron chi connectivity index (χ3n) is 3.75. The number of halogens is 1. The van der Waals surface area contributed by atoms with Crippen LogP contribution in [0.2, 0.25) is 0 Å². The molecule has 8 heteroatoms. The predicted octanol–water partition coefficient (Wildman–Crippen LogP) is 4.48. The number of carbonyl (C=O) groups is 3. The van der Waals surface area contributed by atoms with Gasteiger partial charge in [-0.2, -0.15) is 0 Å². The van der Waals surface area contributed by atoms with Crippen LogP contribution in [0, 0.1) is 0 Å². The van der Waals surface area contributed by atoms with Crippen molar-refractivity contribution in [3.8, 4) is 0 Å². The normalized spacial score (nSPS) is 10.8. The van der Waals surface area contributed by atoms with Gasteiger partial charge in [0.05, 0.1) is 6.42 Å². The molecule has 3 amide bonds. The molecular weight excluding hydrogens is 450 g/mol. The first-order chi connectivity index (χ1) is 14.1. The highest BCUT2D eigenvalue weighted by atomic mass is 79.9. The Labute approximate surface area is 184 Å². The molecule has 0 radical (unpaired) electrons. The van der Waals surface area contributed by atoms with E-state index in [-0.39, 0.29) is 31.2 Å². The summed E-state index contributed by atoms with van der Waals surface area (Å²) >= 11 is 3.36. The lowest BCUT2D eigenvalue weighted by molar-refractivity contribution is -0.116. The van der Waals surface area contributed by atoms with Gasteiger partial charge in [0.25, 0.3) is 0 Å². The molecule has 2 rings (SSSR count). The summed E-state index contributed by atoms with van der Waals surface area (Å²) in [7, 11) is 0. The van der Waals surface area contributed by atoms with Gasteiger partial charge in [0, 0.05) is 28.8 Å². The van der Waals surface area contributed by atoms with Crippen LogP contribution in [0.3, 0.4) is 0 Å². The second kappa shape index (κ2) is 10.8. The molecular formula is C22H26BrN3O4. The van der Waals surface area contributed by atoms with Gasteiger partial charge in [-0.1, -0.05) is 28.1 Å². The lowest BCUT2D eigenvalue weighted by Crippen LogP contribution is -2.34. The van der Waals surface area contributed by atoms with E-state index in [0.717, 1.165) is 10.0 Å². The lowest BCUT2D eigenvalue weighted by Gasteiger charge is -2.19. The fourth-order valence-electron chi connectivity index (χ4n) is 2.45. The Bertz CT molecular complexity index is 875. The minimum Gasteiger partial charge on any atom is -0.444 e. The van der Waals surface area contributed by atoms with Crippen molar-refractivity contribution in [2.24, 2.45) is 0 Å². The number of hydrogen-bond donors (Lipinski definition) is 3. The second-order valence-electron chi connectivity index (χ2n) is 7.66. The molecule has 0 atom stereocenters. The van der Waals surface area contributed by atoms with Gasteiger partial charge in [-0.15, -0.1) is 0 Å². The summed E-state index contributed by atoms with van der Waals surface area (Å²) in [5, 5.41) is 8.10. The Morgan fingerprint density at radius 2 is 1.40 bits per heavy atom. The number of hydrogen-bond acceptors (Lipinski definition) is 4. The van der Waals surface area contributed by atoms with E-state index in [2.05, 4.69) is 31.9 Å². The van der Waals surface area contributed by atoms with Crippen LogP contribution in [0.15, 0.2) is 53.0 Å². The molecule has 0 unspecified atom stereocenters. The Morgan fingerprint density at radius 3 is 1.93 bits per heavy atom. The number of benzene rings is 2. The van der Waals surface area contributed by atoms with E-state index in [4.69, 9.17) is 4.74 Å². The summed E-state index contributed by atoms with van der Waals surface area (Å²) in [5.74, 6) is -0.361. The number of carbonyl (C=O) groups excluding carboxylic acids is 3. The van der Waals surface area contributed by atoms with Gasteiger partial charge < -0.3 is 20.7 Å². The summed E-state index contributed by atoms with van der Waals surface area (Å²) in [5.41, 5.74) is 1.58. The fourth-order valence-corrected chi connectivity index (χ4v) is 2.71. The van der Waals surface area contributed by atoms with Crippen molar-refractivity contribution < 1.29 is 19.1 Å². The number of ether oxygens (including phenoxy) is 1. The summed E-state index contributed by atoms with van der Waals surface area (Å²) in [6, 6.07) is 14.4. The molecule has 0 saturated heterocycles. The van der Waals surface area contributed by atoms with E-state index in [0.29, 0.717) is 11.4 Å². The van der Waals surface area contributed by atoms with Crippen molar-refractivity contribution in [1.82, 2.24) is 5.32 Å². The van der Waals surface area contributed by atoms with E-state index in [1.807, 2.05) is 24.3 Å². The van der Waals surface area contributed by atoms with Crippen molar-refractivity contribution in [2.45, 2.75) is 39.2 Å². The number of rotatable bonds is 7. The van der Waals surface area contributed by atoms with Crippen LogP contribution < -0.4 is 16.0 Å². The molecule has 7 nitrogen and oxygen atoms in total. The van der Waals surface area contributed by atoms with E-state index < -0.39 is 11.7 Å². The molecule has 0 aromatic heterocycles. The van der Waals surface area contributed by atoms with Gasteiger partial charge in [-0.25, -0.2) is 4.79 Å². The third kappa shape index (κ3) is 9.09. The van der Waals surface area contributed by atoms with E-state index in [9.17, 15) is 14.4 Å². The van der Waals surface area contributed by atoms with Crippen LogP contribution in [0.25, 0.3) is 0 Å². The highest BCUT2D eigenvalue weighted by Gasteiger charge is 2.15. The van der Waals surface area contributed by atoms with Crippen molar-refractivity contribution in [3.63, 3.8) is 0 Å². The van der Waals surface area contributed by atoms with Crippen LogP contribution in [-0.4, -0.2) is 30.1 Å². The molecule has 0 aliphatic carbocycles. The maximum atomic E-state index is 12.2. The Morgan fingerprint density at radius 1 is 0.867 bits per heavy atom. The molecule has 2 aromatic carbocycles. The third-order valence-corrected chi connectivity index (χ3v) is 4.28. The molecule has 0 spiro atoms. The van der Waals surface area contributed by atoms with E-state index in [1.54, 1.807) is 45.0 Å². The molecule has 30 heavy (non-hydrogen) atoms. The standard InChI is InChI=1S/C22H26BrN3O4/c1-22(2,3)30-21(29)24-13-12-19(27)25-17-8-10-18(11-9-17)26-20(28)14-15-4-6-16(23)7-5-15/h4-11H,12-14H2,1-3H3,(H,24,29)(H,25,27)(H,26,28). The van der Waals surface area contributed by atoms with Crippen LogP contribution >= 0.6 is 15.9 Å². The van der Waals surface area contributed by atoms with Gasteiger partial charge in [0.1, 0.15) is 5.60 Å². The fraction of sp³-hybridized carbons (Fsp3) is 0.318. The first kappa shape index (κ1) is 23.4. The van der Waals surface area contributed by atoms with Gasteiger partial charge in [-0.3, -0.25) is 9.59 Å². The smallest absolute Gasteiger partial charge is 0.407 e. The van der Waals surface area contributed by atoms with Crippen molar-refractivity contribution in [1.29, 1.82) is 0 Å². The minimum atomic E-state index is -0.582. The molecule has 0 bridgehead atoms. The number of nitrogens with one attached hydrogen (secondary N) is 3. The Hall–Kier alpha value is -2.87. The average molecular weight is 476 g/mol. The van der Waals surface area contributed by atoms with Crippen LogP contribution in [0.1, 0.15) is 32.8 Å². The van der Waals surface area contributed by atoms with Gasteiger partial charge in [0.2, 0.25) is 11.8 Å². The van der Waals surface area contributed by atoms with Gasteiger partial charge >= 0.3 is 6.09 Å². The van der Waals surface area contributed by atoms with Crippen molar-refractivity contribution in [3.05, 3.63) is 58.6 Å². The number of amides is 3. The molecule has 3 N–H and O–H groups in total. The molecule has 160 valence electrons. The predicted molar refractivity (Wildman–Crippen MR) is 120 cm³/mol. The molecule has 0 fully saturated rings. The Kier molecular flexibility index (Phi) is 8.41. The first-order valence-electron chi connectivity index (χ1n) is 9.52. The monoisotopic (exact) mass is 475 g/mol. The summed E-state index contributed by atoms with van der Waals surface area (Å²) < 4.78 is 6.07. The topological polar surface area (TPSA) is 96.5 Å². The minimum absolute atomic E-state index is 0.116. The van der Waals surface area contributed by atoms with Crippen molar-refractivity contribution in [2.75, 3.05) is 17.2 Å². The average Bonchev–Trinajstić information content (AvgIpc) is 2.64. The molecule has 0 aliphatic rings. The van der Waals surface area contributed by atoms with Gasteiger partial charge in [0.15, 0.2) is 0 Å². The quantitative estimate of drug-likeness (QED) is 0.549. The molecule has 2 aromatic rings. The second-order valence-corrected chi connectivity index (χ2v) is 8.57. The highest BCUT2D eigenvalue weighted by molar-refractivity contribution is 9.10. The summed E-state index contributed by atoms with van der Waals surface area (Å²) in [6.07, 6.45) is -0.167. The zero-order valence-corrected chi connectivity index (χ0v) is 18.8. The zero-order valence-electron chi connectivity index (χ0n) is 17.3. The Balaban J connectivity index is 1.74. The maximum Gasteiger partial charge on any atom is 0.407 e. The lowest BCUT2D eigenvalue weighted by atomic mass is 10.1. The largest absolute Gasteiger partial charge is 0.444 e. The molecule has 0 aliphatic heterocycles. The summed E-state index contributed by atoms with van der Waals surface area (Å²) in [6.45, 7) is 5.48. The first-order valence-corrected chi connectivity index (χ1v) is 10.3. The van der Waals surface area contributed by atoms with Crippen molar-refractivity contribution >= 4 is 45.2 Å². The van der Waals surface area contributed by atoms with Crippen LogP contribution in [0.4, 0.5) is 16.2 Å². The van der Waals surface area contributed by atoms with Gasteiger partial charge in [-0.05, 0) is 62.7 Å². The molecule has 0 heterocycles. The maximum absolute atomic E-state index is 12.2. The zero-order chi connectivity index (χ0) is 22.1. The number of alkyl carbamates (subject to hydrolysis) is 1. The molecule has 0 saturated carbocycles. The van der Waals surface area contributed by atoms with E-state index >= 15 is 0 Å². The highest BCUT2D eigenvalue weighted by Crippen LogP contribution is 2.15. The number of anilines is 2. The SMILES string of the molecule is CC(C)(C)OC(=O)NCCC(=O)Nc1ccc(NC(=O)Cc2ccc(Br)cc2)cc1. The van der Waals surface area contributed by atoms with Crippen LogP contribution in [0.5, 0.6) is 0 Å². The summed E-state index contributed by atoms with van der Waals surface area (Å²) in [4.78, 5) is 35.7.